The van der Waals surface area contributed by atoms with E-state index in [1.165, 1.54) is 26.4 Å². The fourth-order valence-electron chi connectivity index (χ4n) is 5.63. The van der Waals surface area contributed by atoms with E-state index >= 15 is 0 Å². The molecular formula is C38H56N10O12S. The number of imidazole rings is 1. The summed E-state index contributed by atoms with van der Waals surface area (Å²) in [5.41, 5.74) is 6.84. The molecule has 61 heavy (non-hydrogen) atoms. The predicted octanol–water partition coefficient (Wildman–Crippen LogP) is -3.13. The monoisotopic (exact) mass is 876 g/mol. The van der Waals surface area contributed by atoms with Gasteiger partial charge in [0.1, 0.15) is 36.3 Å². The zero-order chi connectivity index (χ0) is 45.8. The lowest BCUT2D eigenvalue weighted by atomic mass is 10.0. The van der Waals surface area contributed by atoms with Crippen molar-refractivity contribution in [2.45, 2.75) is 108 Å². The molecule has 1 aromatic heterocycles. The summed E-state index contributed by atoms with van der Waals surface area (Å²) in [6.07, 6.45) is 0.233. The number of amides is 7. The normalized spacial score (nSPS) is 15.0. The number of aromatic amines is 1. The maximum absolute atomic E-state index is 13.7. The fraction of sp³-hybridized carbons (Fsp3) is 0.526. The number of nitrogens with one attached hydrogen (secondary N) is 8. The number of hydrogen-bond donors (Lipinski definition) is 13. The molecule has 0 aliphatic rings. The zero-order valence-electron chi connectivity index (χ0n) is 34.2. The summed E-state index contributed by atoms with van der Waals surface area (Å²) in [4.78, 5) is 122. The fourth-order valence-corrected chi connectivity index (χ4v) is 5.89. The Hall–Kier alpha value is -6.07. The van der Waals surface area contributed by atoms with Crippen LogP contribution >= 0.6 is 12.6 Å². The summed E-state index contributed by atoms with van der Waals surface area (Å²) in [5, 5.41) is 45.8. The standard InChI is InChI=1S/C38H56N10O12S/c1-19(2)12-24(39)33(54)48-31(21(4)49)37(58)47-28(17-61)36(57)46-26(14-23-15-40-18-42-23)35(56)45-25(10-11-30(51)52)34(55)43-20(3)32(53)41-16-29(50)44-27(38(59)60)13-22-8-6-5-7-9-22/h5-9,15,18-21,24-28,31,49,61H,10-14,16-17,39H2,1-4H3,(H,40,42)(H,41,53)(H,43,55)(H,44,50)(H,45,56)(H,46,57)(H,47,58)(H,48,54)(H,51,52)(H,59,60)/t20-,21+,24-,25-,26-,27-,28-,31-/m0/s1. The molecule has 2 aromatic rings. The Bertz CT molecular complexity index is 1820. The Morgan fingerprint density at radius 3 is 1.90 bits per heavy atom. The van der Waals surface area contributed by atoms with E-state index in [4.69, 9.17) is 5.73 Å². The Morgan fingerprint density at radius 2 is 1.34 bits per heavy atom. The number of hydrogen-bond acceptors (Lipinski definition) is 13. The summed E-state index contributed by atoms with van der Waals surface area (Å²) in [7, 11) is 0. The minimum atomic E-state index is -1.58. The van der Waals surface area contributed by atoms with Crippen molar-refractivity contribution in [3.8, 4) is 0 Å². The number of rotatable bonds is 26. The van der Waals surface area contributed by atoms with Crippen LogP contribution < -0.4 is 43.0 Å². The second-order valence-corrected chi connectivity index (χ2v) is 15.0. The number of aliphatic hydroxyl groups is 1. The Kier molecular flexibility index (Phi) is 21.4. The second kappa shape index (κ2) is 25.5. The van der Waals surface area contributed by atoms with Gasteiger partial charge in [0.15, 0.2) is 0 Å². The van der Waals surface area contributed by atoms with Crippen LogP contribution in [0.5, 0.6) is 0 Å². The van der Waals surface area contributed by atoms with Crippen LogP contribution in [0.3, 0.4) is 0 Å². The van der Waals surface area contributed by atoms with Gasteiger partial charge >= 0.3 is 11.9 Å². The first-order chi connectivity index (χ1) is 28.7. The number of carboxylic acids is 2. The zero-order valence-corrected chi connectivity index (χ0v) is 35.1. The van der Waals surface area contributed by atoms with Crippen LogP contribution in [0.15, 0.2) is 42.9 Å². The van der Waals surface area contributed by atoms with E-state index in [2.05, 4.69) is 59.8 Å². The number of carbonyl (C=O) groups is 9. The molecule has 0 aliphatic heterocycles. The smallest absolute Gasteiger partial charge is 0.326 e. The van der Waals surface area contributed by atoms with Gasteiger partial charge in [0, 0.05) is 31.2 Å². The van der Waals surface area contributed by atoms with Gasteiger partial charge in [-0.3, -0.25) is 38.4 Å². The number of nitrogens with zero attached hydrogens (tertiary/aromatic N) is 1. The average Bonchev–Trinajstić information content (AvgIpc) is 3.71. The number of aliphatic carboxylic acids is 2. The molecule has 22 nitrogen and oxygen atoms in total. The number of carbonyl (C=O) groups excluding carboxylic acids is 7. The van der Waals surface area contributed by atoms with Crippen molar-refractivity contribution in [2.75, 3.05) is 12.3 Å². The van der Waals surface area contributed by atoms with Gasteiger partial charge in [0.05, 0.1) is 30.7 Å². The lowest BCUT2D eigenvalue weighted by Gasteiger charge is -2.27. The van der Waals surface area contributed by atoms with E-state index in [0.717, 1.165) is 0 Å². The van der Waals surface area contributed by atoms with Gasteiger partial charge in [-0.2, -0.15) is 12.6 Å². The molecule has 0 saturated heterocycles. The largest absolute Gasteiger partial charge is 0.481 e. The van der Waals surface area contributed by atoms with E-state index in [0.29, 0.717) is 12.0 Å². The van der Waals surface area contributed by atoms with Crippen LogP contribution in [-0.2, 0) is 56.0 Å². The lowest BCUT2D eigenvalue weighted by molar-refractivity contribution is -0.142. The number of thiol groups is 1. The van der Waals surface area contributed by atoms with Crippen molar-refractivity contribution >= 4 is 65.9 Å². The van der Waals surface area contributed by atoms with E-state index in [1.807, 2.05) is 13.8 Å². The minimum Gasteiger partial charge on any atom is -0.481 e. The van der Waals surface area contributed by atoms with Gasteiger partial charge in [-0.1, -0.05) is 44.2 Å². The SMILES string of the molecule is CC(C)C[C@H](N)C(=O)N[C@H](C(=O)N[C@@H](CS)C(=O)N[C@@H](Cc1c[nH]cn1)C(=O)N[C@@H](CCC(=O)O)C(=O)N[C@@H](C)C(=O)NCC(=O)N[C@@H](Cc1ccccc1)C(=O)O)[C@@H](C)O. The first-order valence-electron chi connectivity index (χ1n) is 19.3. The molecule has 1 heterocycles. The van der Waals surface area contributed by atoms with Crippen LogP contribution in [0.4, 0.5) is 0 Å². The molecule has 0 aliphatic carbocycles. The van der Waals surface area contributed by atoms with Crippen molar-refractivity contribution in [1.82, 2.24) is 47.2 Å². The number of H-pyrrole nitrogens is 1. The summed E-state index contributed by atoms with van der Waals surface area (Å²) in [6.45, 7) is 5.53. The third-order valence-electron chi connectivity index (χ3n) is 8.91. The molecule has 13 N–H and O–H groups in total. The Morgan fingerprint density at radius 1 is 0.738 bits per heavy atom. The highest BCUT2D eigenvalue weighted by molar-refractivity contribution is 7.80. The van der Waals surface area contributed by atoms with Crippen molar-refractivity contribution < 1.29 is 58.5 Å². The highest BCUT2D eigenvalue weighted by Crippen LogP contribution is 2.08. The first kappa shape index (κ1) is 51.1. The van der Waals surface area contributed by atoms with Crippen LogP contribution in [0.2, 0.25) is 0 Å². The lowest BCUT2D eigenvalue weighted by Crippen LogP contribution is -2.61. The van der Waals surface area contributed by atoms with Gasteiger partial charge < -0.3 is 63.3 Å². The number of benzene rings is 1. The van der Waals surface area contributed by atoms with E-state index in [-0.39, 0.29) is 30.2 Å². The first-order valence-corrected chi connectivity index (χ1v) is 19.9. The number of aliphatic hydroxyl groups excluding tert-OH is 1. The summed E-state index contributed by atoms with van der Waals surface area (Å²) >= 11 is 4.15. The van der Waals surface area contributed by atoms with Crippen molar-refractivity contribution in [1.29, 1.82) is 0 Å². The molecule has 0 spiro atoms. The molecule has 2 rings (SSSR count). The quantitative estimate of drug-likeness (QED) is 0.0416. The molecule has 336 valence electrons. The molecule has 1 aromatic carbocycles. The van der Waals surface area contributed by atoms with E-state index in [1.54, 1.807) is 30.3 Å². The molecule has 0 radical (unpaired) electrons. The van der Waals surface area contributed by atoms with Crippen LogP contribution in [0, 0.1) is 5.92 Å². The molecule has 23 heteroatoms. The van der Waals surface area contributed by atoms with E-state index < -0.39 is 121 Å². The molecule has 0 bridgehead atoms. The maximum Gasteiger partial charge on any atom is 0.326 e. The van der Waals surface area contributed by atoms with Crippen molar-refractivity contribution in [3.05, 3.63) is 54.1 Å². The third-order valence-corrected chi connectivity index (χ3v) is 9.28. The highest BCUT2D eigenvalue weighted by Gasteiger charge is 2.34. The highest BCUT2D eigenvalue weighted by atomic mass is 32.1. The number of aromatic nitrogens is 2. The molecular weight excluding hydrogens is 821 g/mol. The molecule has 0 unspecified atom stereocenters. The minimum absolute atomic E-state index is 0.0235. The third kappa shape index (κ3) is 18.4. The second-order valence-electron chi connectivity index (χ2n) is 14.6. The van der Waals surface area contributed by atoms with Gasteiger partial charge in [-0.15, -0.1) is 0 Å². The molecule has 0 saturated carbocycles. The summed E-state index contributed by atoms with van der Waals surface area (Å²) in [6, 6.07) is -1.12. The van der Waals surface area contributed by atoms with Crippen molar-refractivity contribution in [2.24, 2.45) is 11.7 Å². The molecule has 7 amide bonds. The Labute approximate surface area is 357 Å². The summed E-state index contributed by atoms with van der Waals surface area (Å²) in [5.74, 6) is -9.19. The van der Waals surface area contributed by atoms with Crippen LogP contribution in [0.1, 0.15) is 58.2 Å². The molecule has 0 fully saturated rings. The average molecular weight is 877 g/mol. The van der Waals surface area contributed by atoms with E-state index in [9.17, 15) is 58.5 Å². The Balaban J connectivity index is 2.15. The molecule has 8 atom stereocenters. The van der Waals surface area contributed by atoms with Crippen LogP contribution in [-0.4, -0.2) is 139 Å². The van der Waals surface area contributed by atoms with Gasteiger partial charge in [-0.05, 0) is 38.2 Å². The van der Waals surface area contributed by atoms with Crippen LogP contribution in [0.25, 0.3) is 0 Å². The summed E-state index contributed by atoms with van der Waals surface area (Å²) < 4.78 is 0. The predicted molar refractivity (Wildman–Crippen MR) is 220 cm³/mol. The maximum atomic E-state index is 13.7. The van der Waals surface area contributed by atoms with Gasteiger partial charge in [-0.25, -0.2) is 9.78 Å². The topological polar surface area (TPSA) is 353 Å². The van der Waals surface area contributed by atoms with Gasteiger partial charge in [0.2, 0.25) is 41.4 Å². The number of carboxylic acid groups (broad SMARTS) is 2. The van der Waals surface area contributed by atoms with Crippen molar-refractivity contribution in [3.63, 3.8) is 0 Å². The van der Waals surface area contributed by atoms with Gasteiger partial charge in [0.25, 0.3) is 0 Å². The number of nitrogens with two attached hydrogens (primary N) is 1.